The van der Waals surface area contributed by atoms with Crippen LogP contribution in [0.15, 0.2) is 0 Å². The van der Waals surface area contributed by atoms with Crippen molar-refractivity contribution >= 4 is 11.8 Å². The van der Waals surface area contributed by atoms with Crippen LogP contribution in [0.3, 0.4) is 0 Å². The van der Waals surface area contributed by atoms with Crippen LogP contribution < -0.4 is 5.32 Å². The van der Waals surface area contributed by atoms with Gasteiger partial charge >= 0.3 is 0 Å². The molecule has 5 aliphatic carbocycles. The van der Waals surface area contributed by atoms with Crippen molar-refractivity contribution in [1.82, 2.24) is 5.32 Å². The number of thioether (sulfide) groups is 1. The van der Waals surface area contributed by atoms with Crippen LogP contribution in [0.4, 0.5) is 0 Å². The lowest BCUT2D eigenvalue weighted by molar-refractivity contribution is -0.0188. The molecule has 0 aliphatic heterocycles. The maximum atomic E-state index is 4.18. The number of rotatable bonds is 3. The van der Waals surface area contributed by atoms with Crippen molar-refractivity contribution in [3.63, 3.8) is 0 Å². The molecule has 5 saturated carbocycles. The van der Waals surface area contributed by atoms with Crippen molar-refractivity contribution in [2.45, 2.75) is 75.1 Å². The predicted octanol–water partition coefficient (Wildman–Crippen LogP) is 4.07. The second kappa shape index (κ2) is 5.26. The van der Waals surface area contributed by atoms with Gasteiger partial charge in [-0.3, -0.25) is 0 Å². The highest BCUT2D eigenvalue weighted by Gasteiger charge is 2.48. The van der Waals surface area contributed by atoms with Gasteiger partial charge in [0, 0.05) is 17.3 Å². The Morgan fingerprint density at radius 2 is 1.47 bits per heavy atom. The standard InChI is InChI=1S/C17H29NS/c1-19-16-5-3-2-4-15(16)18-17-13-7-11-6-12(9-13)10-14(17)8-11/h11-18H,2-10H2,1H3. The minimum absolute atomic E-state index is 0.825. The van der Waals surface area contributed by atoms with Crippen molar-refractivity contribution in [3.05, 3.63) is 0 Å². The zero-order valence-corrected chi connectivity index (χ0v) is 13.1. The summed E-state index contributed by atoms with van der Waals surface area (Å²) in [5.74, 6) is 4.31. The normalized spacial score (nSPS) is 52.6. The van der Waals surface area contributed by atoms with E-state index in [1.807, 2.05) is 0 Å². The Hall–Kier alpha value is 0.310. The quantitative estimate of drug-likeness (QED) is 0.835. The summed E-state index contributed by atoms with van der Waals surface area (Å²) >= 11 is 2.12. The second-order valence-corrected chi connectivity index (χ2v) is 8.87. The molecular formula is C17H29NS. The lowest BCUT2D eigenvalue weighted by Gasteiger charge is -2.55. The van der Waals surface area contributed by atoms with Crippen molar-refractivity contribution in [2.24, 2.45) is 23.7 Å². The molecule has 2 heteroatoms. The van der Waals surface area contributed by atoms with Crippen molar-refractivity contribution in [3.8, 4) is 0 Å². The molecule has 0 spiro atoms. The Morgan fingerprint density at radius 3 is 2.11 bits per heavy atom. The molecule has 5 fully saturated rings. The van der Waals surface area contributed by atoms with E-state index in [1.165, 1.54) is 25.7 Å². The van der Waals surface area contributed by atoms with E-state index in [-0.39, 0.29) is 0 Å². The van der Waals surface area contributed by atoms with Gasteiger partial charge in [-0.25, -0.2) is 0 Å². The summed E-state index contributed by atoms with van der Waals surface area (Å²) in [7, 11) is 0. The minimum atomic E-state index is 0.825. The molecule has 1 N–H and O–H groups in total. The largest absolute Gasteiger partial charge is 0.310 e. The van der Waals surface area contributed by atoms with E-state index >= 15 is 0 Å². The van der Waals surface area contributed by atoms with Crippen LogP contribution in [0.1, 0.15) is 57.8 Å². The van der Waals surface area contributed by atoms with E-state index < -0.39 is 0 Å². The summed E-state index contributed by atoms with van der Waals surface area (Å²) in [6.45, 7) is 0. The summed E-state index contributed by atoms with van der Waals surface area (Å²) in [6, 6.07) is 1.72. The Bertz CT molecular complexity index is 301. The predicted molar refractivity (Wildman–Crippen MR) is 83.5 cm³/mol. The average Bonchev–Trinajstić information content (AvgIpc) is 2.42. The SMILES string of the molecule is CSC1CCCCC1NC1C2CC3CC(C2)CC1C3. The summed E-state index contributed by atoms with van der Waals surface area (Å²) in [5.41, 5.74) is 0. The van der Waals surface area contributed by atoms with Crippen LogP contribution in [-0.2, 0) is 0 Å². The zero-order chi connectivity index (χ0) is 12.8. The van der Waals surface area contributed by atoms with Crippen LogP contribution in [0.5, 0.6) is 0 Å². The lowest BCUT2D eigenvalue weighted by atomic mass is 9.54. The van der Waals surface area contributed by atoms with Gasteiger partial charge in [-0.15, -0.1) is 0 Å². The van der Waals surface area contributed by atoms with Gasteiger partial charge in [0.2, 0.25) is 0 Å². The molecule has 0 aromatic rings. The summed E-state index contributed by atoms with van der Waals surface area (Å²) < 4.78 is 0. The van der Waals surface area contributed by atoms with Crippen LogP contribution in [-0.4, -0.2) is 23.6 Å². The van der Waals surface area contributed by atoms with Crippen LogP contribution in [0, 0.1) is 23.7 Å². The van der Waals surface area contributed by atoms with Crippen molar-refractivity contribution in [2.75, 3.05) is 6.26 Å². The van der Waals surface area contributed by atoms with E-state index in [9.17, 15) is 0 Å². The van der Waals surface area contributed by atoms with Gasteiger partial charge in [-0.05, 0) is 74.9 Å². The van der Waals surface area contributed by atoms with E-state index in [0.29, 0.717) is 0 Å². The summed E-state index contributed by atoms with van der Waals surface area (Å²) in [4.78, 5) is 0. The average molecular weight is 279 g/mol. The van der Waals surface area contributed by atoms with Gasteiger partial charge in [0.1, 0.15) is 0 Å². The monoisotopic (exact) mass is 279 g/mol. The van der Waals surface area contributed by atoms with Crippen LogP contribution >= 0.6 is 11.8 Å². The molecule has 4 bridgehead atoms. The van der Waals surface area contributed by atoms with Gasteiger partial charge in [-0.2, -0.15) is 11.8 Å². The molecule has 0 aromatic carbocycles. The maximum absolute atomic E-state index is 4.18. The molecular weight excluding hydrogens is 250 g/mol. The Labute approximate surface area is 122 Å². The first kappa shape index (κ1) is 13.0. The molecule has 5 rings (SSSR count). The minimum Gasteiger partial charge on any atom is -0.310 e. The molecule has 2 unspecified atom stereocenters. The third-order valence-corrected chi connectivity index (χ3v) is 7.81. The molecule has 0 heterocycles. The van der Waals surface area contributed by atoms with Gasteiger partial charge in [0.15, 0.2) is 0 Å². The lowest BCUT2D eigenvalue weighted by Crippen LogP contribution is -2.58. The molecule has 0 saturated heterocycles. The Kier molecular flexibility index (Phi) is 3.60. The van der Waals surface area contributed by atoms with Crippen molar-refractivity contribution < 1.29 is 0 Å². The first-order valence-electron chi connectivity index (χ1n) is 8.62. The van der Waals surface area contributed by atoms with Gasteiger partial charge < -0.3 is 5.32 Å². The molecule has 108 valence electrons. The zero-order valence-electron chi connectivity index (χ0n) is 12.3. The van der Waals surface area contributed by atoms with Crippen LogP contribution in [0.25, 0.3) is 0 Å². The van der Waals surface area contributed by atoms with Crippen LogP contribution in [0.2, 0.25) is 0 Å². The second-order valence-electron chi connectivity index (χ2n) is 7.79. The fraction of sp³-hybridized carbons (Fsp3) is 1.00. The third kappa shape index (κ3) is 2.37. The Balaban J connectivity index is 1.44. The van der Waals surface area contributed by atoms with Gasteiger partial charge in [0.25, 0.3) is 0 Å². The molecule has 0 aromatic heterocycles. The Morgan fingerprint density at radius 1 is 0.842 bits per heavy atom. The van der Waals surface area contributed by atoms with Crippen molar-refractivity contribution in [1.29, 1.82) is 0 Å². The third-order valence-electron chi connectivity index (χ3n) is 6.64. The fourth-order valence-electron chi connectivity index (χ4n) is 6.01. The van der Waals surface area contributed by atoms with Gasteiger partial charge in [-0.1, -0.05) is 12.8 Å². The topological polar surface area (TPSA) is 12.0 Å². The highest BCUT2D eigenvalue weighted by Crippen LogP contribution is 2.54. The number of nitrogens with one attached hydrogen (secondary N) is 1. The molecule has 19 heavy (non-hydrogen) atoms. The van der Waals surface area contributed by atoms with Gasteiger partial charge in [0.05, 0.1) is 0 Å². The smallest absolute Gasteiger partial charge is 0.0198 e. The molecule has 2 atom stereocenters. The molecule has 5 aliphatic rings. The number of hydrogen-bond donors (Lipinski definition) is 1. The van der Waals surface area contributed by atoms with E-state index in [2.05, 4.69) is 23.3 Å². The first-order valence-corrected chi connectivity index (χ1v) is 9.91. The molecule has 1 nitrogen and oxygen atoms in total. The fourth-order valence-corrected chi connectivity index (χ4v) is 6.96. The molecule has 0 amide bonds. The highest BCUT2D eigenvalue weighted by molar-refractivity contribution is 7.99. The summed E-state index contributed by atoms with van der Waals surface area (Å²) in [5, 5.41) is 5.08. The van der Waals surface area contributed by atoms with E-state index in [1.54, 1.807) is 32.1 Å². The first-order chi connectivity index (χ1) is 9.33. The number of hydrogen-bond acceptors (Lipinski definition) is 2. The maximum Gasteiger partial charge on any atom is 0.0198 e. The molecule has 0 radical (unpaired) electrons. The highest BCUT2D eigenvalue weighted by atomic mass is 32.2. The summed E-state index contributed by atoms with van der Waals surface area (Å²) in [6.07, 6.45) is 15.9. The van der Waals surface area contributed by atoms with E-state index in [4.69, 9.17) is 0 Å². The van der Waals surface area contributed by atoms with E-state index in [0.717, 1.165) is 41.0 Å².